The van der Waals surface area contributed by atoms with Crippen LogP contribution in [0.15, 0.2) is 0 Å². The zero-order valence-electron chi connectivity index (χ0n) is 10.7. The van der Waals surface area contributed by atoms with Crippen LogP contribution in [0.25, 0.3) is 0 Å². The third kappa shape index (κ3) is 3.77. The van der Waals surface area contributed by atoms with Crippen LogP contribution in [0.2, 0.25) is 0 Å². The zero-order chi connectivity index (χ0) is 12.2. The van der Waals surface area contributed by atoms with Crippen molar-refractivity contribution in [3.8, 4) is 6.07 Å². The Morgan fingerprint density at radius 1 is 1.50 bits per heavy atom. The normalized spacial score (nSPS) is 25.1. The summed E-state index contributed by atoms with van der Waals surface area (Å²) < 4.78 is 0. The molecule has 0 bridgehead atoms. The highest BCUT2D eigenvalue weighted by molar-refractivity contribution is 4.93. The molecule has 1 saturated heterocycles. The van der Waals surface area contributed by atoms with Crippen LogP contribution in [0.5, 0.6) is 0 Å². The van der Waals surface area contributed by atoms with Gasteiger partial charge < -0.3 is 5.11 Å². The van der Waals surface area contributed by atoms with E-state index in [9.17, 15) is 5.11 Å². The van der Waals surface area contributed by atoms with Crippen molar-refractivity contribution in [2.75, 3.05) is 13.1 Å². The fourth-order valence-corrected chi connectivity index (χ4v) is 2.32. The summed E-state index contributed by atoms with van der Waals surface area (Å²) in [6.45, 7) is 7.83. The van der Waals surface area contributed by atoms with Crippen LogP contribution in [-0.2, 0) is 0 Å². The second kappa shape index (κ2) is 5.65. The minimum absolute atomic E-state index is 0.249. The standard InChI is InChI=1S/C13H24N2O/c1-11(16)12-6-4-5-8-15(12)9-7-13(2,3)10-14/h11-12,16H,4-9H2,1-3H3. The van der Waals surface area contributed by atoms with Gasteiger partial charge in [0.1, 0.15) is 0 Å². The minimum atomic E-state index is -0.259. The first-order valence-corrected chi connectivity index (χ1v) is 6.29. The average Bonchev–Trinajstić information content (AvgIpc) is 2.27. The second-order valence-electron chi connectivity index (χ2n) is 5.59. The molecule has 0 radical (unpaired) electrons. The lowest BCUT2D eigenvalue weighted by Gasteiger charge is -2.38. The Balaban J connectivity index is 2.48. The van der Waals surface area contributed by atoms with E-state index >= 15 is 0 Å². The molecule has 2 unspecified atom stereocenters. The maximum absolute atomic E-state index is 9.73. The zero-order valence-corrected chi connectivity index (χ0v) is 10.7. The topological polar surface area (TPSA) is 47.3 Å². The van der Waals surface area contributed by atoms with Crippen LogP contribution in [-0.4, -0.2) is 35.2 Å². The van der Waals surface area contributed by atoms with E-state index in [0.29, 0.717) is 6.04 Å². The molecule has 0 aromatic heterocycles. The highest BCUT2D eigenvalue weighted by atomic mass is 16.3. The number of piperidine rings is 1. The number of rotatable bonds is 4. The summed E-state index contributed by atoms with van der Waals surface area (Å²) in [6, 6.07) is 2.63. The molecule has 1 N–H and O–H groups in total. The molecule has 0 aromatic rings. The van der Waals surface area contributed by atoms with Gasteiger partial charge in [-0.2, -0.15) is 5.26 Å². The molecule has 1 fully saturated rings. The Kier molecular flexibility index (Phi) is 4.76. The van der Waals surface area contributed by atoms with Crippen LogP contribution in [0.1, 0.15) is 46.5 Å². The number of likely N-dealkylation sites (tertiary alicyclic amines) is 1. The molecule has 1 aliphatic rings. The van der Waals surface area contributed by atoms with Crippen molar-refractivity contribution in [3.63, 3.8) is 0 Å². The molecule has 0 aromatic carbocycles. The van der Waals surface area contributed by atoms with Gasteiger partial charge in [0.25, 0.3) is 0 Å². The molecule has 0 spiro atoms. The van der Waals surface area contributed by atoms with Gasteiger partial charge in [0.2, 0.25) is 0 Å². The predicted octanol–water partition coefficient (Wildman–Crippen LogP) is 2.16. The molecule has 92 valence electrons. The first kappa shape index (κ1) is 13.5. The Bertz CT molecular complexity index is 255. The summed E-state index contributed by atoms with van der Waals surface area (Å²) in [5.41, 5.74) is -0.249. The summed E-state index contributed by atoms with van der Waals surface area (Å²) >= 11 is 0. The molecule has 1 heterocycles. The largest absolute Gasteiger partial charge is 0.392 e. The van der Waals surface area contributed by atoms with E-state index < -0.39 is 0 Å². The summed E-state index contributed by atoms with van der Waals surface area (Å²) in [6.07, 6.45) is 4.15. The summed E-state index contributed by atoms with van der Waals surface area (Å²) in [5, 5.41) is 18.7. The van der Waals surface area contributed by atoms with E-state index in [1.807, 2.05) is 20.8 Å². The van der Waals surface area contributed by atoms with E-state index in [1.54, 1.807) is 0 Å². The molecular formula is C13H24N2O. The molecule has 2 atom stereocenters. The molecule has 1 aliphatic heterocycles. The predicted molar refractivity (Wildman–Crippen MR) is 64.9 cm³/mol. The van der Waals surface area contributed by atoms with Gasteiger partial charge in [0.05, 0.1) is 17.6 Å². The van der Waals surface area contributed by atoms with Crippen molar-refractivity contribution in [1.82, 2.24) is 4.90 Å². The molecule has 0 amide bonds. The van der Waals surface area contributed by atoms with Gasteiger partial charge in [-0.1, -0.05) is 6.42 Å². The SMILES string of the molecule is CC(O)C1CCCCN1CCC(C)(C)C#N. The molecule has 0 aliphatic carbocycles. The number of aliphatic hydroxyl groups is 1. The number of hydrogen-bond donors (Lipinski definition) is 1. The van der Waals surface area contributed by atoms with Crippen LogP contribution in [0.4, 0.5) is 0 Å². The van der Waals surface area contributed by atoms with Gasteiger partial charge >= 0.3 is 0 Å². The molecule has 3 heteroatoms. The van der Waals surface area contributed by atoms with E-state index in [-0.39, 0.29) is 11.5 Å². The van der Waals surface area contributed by atoms with Crippen LogP contribution in [0.3, 0.4) is 0 Å². The fourth-order valence-electron chi connectivity index (χ4n) is 2.32. The van der Waals surface area contributed by atoms with Crippen molar-refractivity contribution in [3.05, 3.63) is 0 Å². The number of nitriles is 1. The van der Waals surface area contributed by atoms with Crippen molar-refractivity contribution < 1.29 is 5.11 Å². The van der Waals surface area contributed by atoms with Gasteiger partial charge in [-0.05, 0) is 46.6 Å². The number of aliphatic hydroxyl groups excluding tert-OH is 1. The van der Waals surface area contributed by atoms with Crippen molar-refractivity contribution in [2.45, 2.75) is 58.6 Å². The maximum atomic E-state index is 9.73. The first-order valence-electron chi connectivity index (χ1n) is 6.29. The van der Waals surface area contributed by atoms with E-state index in [4.69, 9.17) is 5.26 Å². The third-order valence-electron chi connectivity index (χ3n) is 3.55. The van der Waals surface area contributed by atoms with Crippen molar-refractivity contribution in [2.24, 2.45) is 5.41 Å². The molecular weight excluding hydrogens is 200 g/mol. The van der Waals surface area contributed by atoms with Crippen molar-refractivity contribution >= 4 is 0 Å². The van der Waals surface area contributed by atoms with Gasteiger partial charge in [-0.15, -0.1) is 0 Å². The first-order chi connectivity index (χ1) is 7.46. The van der Waals surface area contributed by atoms with Crippen LogP contribution >= 0.6 is 0 Å². The Labute approximate surface area is 99.1 Å². The van der Waals surface area contributed by atoms with Gasteiger partial charge in [-0.25, -0.2) is 0 Å². The Morgan fingerprint density at radius 3 is 2.75 bits per heavy atom. The molecule has 16 heavy (non-hydrogen) atoms. The summed E-state index contributed by atoms with van der Waals surface area (Å²) in [4.78, 5) is 2.35. The Morgan fingerprint density at radius 2 is 2.19 bits per heavy atom. The smallest absolute Gasteiger partial charge is 0.0684 e. The number of hydrogen-bond acceptors (Lipinski definition) is 3. The van der Waals surface area contributed by atoms with Crippen LogP contribution in [0, 0.1) is 16.7 Å². The number of nitrogens with zero attached hydrogens (tertiary/aromatic N) is 2. The second-order valence-corrected chi connectivity index (χ2v) is 5.59. The third-order valence-corrected chi connectivity index (χ3v) is 3.55. The van der Waals surface area contributed by atoms with E-state index in [1.165, 1.54) is 12.8 Å². The van der Waals surface area contributed by atoms with E-state index in [0.717, 1.165) is 25.9 Å². The fraction of sp³-hybridized carbons (Fsp3) is 0.923. The summed E-state index contributed by atoms with van der Waals surface area (Å²) in [5.74, 6) is 0. The quantitative estimate of drug-likeness (QED) is 0.796. The van der Waals surface area contributed by atoms with Gasteiger partial charge in [-0.3, -0.25) is 4.90 Å². The minimum Gasteiger partial charge on any atom is -0.392 e. The molecule has 1 rings (SSSR count). The lowest BCUT2D eigenvalue weighted by Crippen LogP contribution is -2.46. The molecule has 0 saturated carbocycles. The highest BCUT2D eigenvalue weighted by Crippen LogP contribution is 2.24. The average molecular weight is 224 g/mol. The maximum Gasteiger partial charge on any atom is 0.0684 e. The summed E-state index contributed by atoms with van der Waals surface area (Å²) in [7, 11) is 0. The lowest BCUT2D eigenvalue weighted by molar-refractivity contribution is 0.0321. The monoisotopic (exact) mass is 224 g/mol. The van der Waals surface area contributed by atoms with Gasteiger partial charge in [0, 0.05) is 12.6 Å². The van der Waals surface area contributed by atoms with E-state index in [2.05, 4.69) is 11.0 Å². The van der Waals surface area contributed by atoms with Gasteiger partial charge in [0.15, 0.2) is 0 Å². The lowest BCUT2D eigenvalue weighted by atomic mass is 9.90. The van der Waals surface area contributed by atoms with Crippen LogP contribution < -0.4 is 0 Å². The molecule has 3 nitrogen and oxygen atoms in total. The highest BCUT2D eigenvalue weighted by Gasteiger charge is 2.27. The Hall–Kier alpha value is -0.590. The van der Waals surface area contributed by atoms with Crippen molar-refractivity contribution in [1.29, 1.82) is 5.26 Å².